The van der Waals surface area contributed by atoms with E-state index in [4.69, 9.17) is 4.74 Å². The van der Waals surface area contributed by atoms with Crippen LogP contribution >= 0.6 is 0 Å². The van der Waals surface area contributed by atoms with E-state index in [1.807, 2.05) is 6.92 Å². The third kappa shape index (κ3) is 3.38. The van der Waals surface area contributed by atoms with Crippen molar-refractivity contribution in [2.24, 2.45) is 0 Å². The minimum absolute atomic E-state index is 0.0505. The van der Waals surface area contributed by atoms with E-state index in [1.54, 1.807) is 25.3 Å². The van der Waals surface area contributed by atoms with Crippen LogP contribution in [0.4, 0.5) is 11.4 Å². The van der Waals surface area contributed by atoms with Crippen molar-refractivity contribution in [3.05, 3.63) is 57.8 Å². The molecule has 0 spiro atoms. The first-order chi connectivity index (χ1) is 10.5. The van der Waals surface area contributed by atoms with E-state index in [2.05, 4.69) is 10.3 Å². The number of non-ortho nitro benzene ring substituents is 1. The Morgan fingerprint density at radius 2 is 2.18 bits per heavy atom. The molecule has 2 aromatic rings. The fourth-order valence-corrected chi connectivity index (χ4v) is 1.94. The monoisotopic (exact) mass is 301 g/mol. The maximum atomic E-state index is 12.3. The van der Waals surface area contributed by atoms with Gasteiger partial charge in [0.1, 0.15) is 5.69 Å². The van der Waals surface area contributed by atoms with E-state index in [-0.39, 0.29) is 11.6 Å². The normalized spacial score (nSPS) is 10.1. The molecule has 114 valence electrons. The molecule has 1 N–H and O–H groups in total. The molecule has 1 aromatic carbocycles. The summed E-state index contributed by atoms with van der Waals surface area (Å²) in [5, 5.41) is 13.4. The maximum absolute atomic E-state index is 12.3. The number of pyridine rings is 1. The molecule has 7 heteroatoms. The Labute approximate surface area is 127 Å². The van der Waals surface area contributed by atoms with Gasteiger partial charge in [0.2, 0.25) is 5.88 Å². The lowest BCUT2D eigenvalue weighted by Gasteiger charge is -2.11. The summed E-state index contributed by atoms with van der Waals surface area (Å²) < 4.78 is 5.34. The standard InChI is InChI=1S/C15H15N3O4/c1-3-22-15-13(5-4-8-16-15)17-14(19)12-7-6-11(18(20)21)9-10(12)2/h4-9H,3H2,1-2H3,(H,17,19). The highest BCUT2D eigenvalue weighted by Gasteiger charge is 2.15. The fraction of sp³-hybridized carbons (Fsp3) is 0.200. The third-order valence-electron chi connectivity index (χ3n) is 2.97. The van der Waals surface area contributed by atoms with Crippen molar-refractivity contribution in [3.63, 3.8) is 0 Å². The predicted molar refractivity (Wildman–Crippen MR) is 81.2 cm³/mol. The quantitative estimate of drug-likeness (QED) is 0.676. The molecule has 0 radical (unpaired) electrons. The number of nitrogens with one attached hydrogen (secondary N) is 1. The van der Waals surface area contributed by atoms with Crippen LogP contribution in [0.15, 0.2) is 36.5 Å². The highest BCUT2D eigenvalue weighted by atomic mass is 16.6. The Kier molecular flexibility index (Phi) is 4.67. The highest BCUT2D eigenvalue weighted by Crippen LogP contribution is 2.23. The number of ether oxygens (including phenoxy) is 1. The van der Waals surface area contributed by atoms with Gasteiger partial charge < -0.3 is 10.1 Å². The first-order valence-corrected chi connectivity index (χ1v) is 6.67. The van der Waals surface area contributed by atoms with Crippen LogP contribution in [0.1, 0.15) is 22.8 Å². The number of hydrogen-bond donors (Lipinski definition) is 1. The zero-order valence-electron chi connectivity index (χ0n) is 12.2. The van der Waals surface area contributed by atoms with E-state index >= 15 is 0 Å². The number of nitrogens with zero attached hydrogens (tertiary/aromatic N) is 2. The summed E-state index contributed by atoms with van der Waals surface area (Å²) in [6.07, 6.45) is 1.57. The summed E-state index contributed by atoms with van der Waals surface area (Å²) in [6.45, 7) is 3.89. The average molecular weight is 301 g/mol. The summed E-state index contributed by atoms with van der Waals surface area (Å²) in [7, 11) is 0. The molecule has 0 aliphatic carbocycles. The zero-order valence-corrected chi connectivity index (χ0v) is 12.2. The van der Waals surface area contributed by atoms with Gasteiger partial charge in [-0.3, -0.25) is 14.9 Å². The second-order valence-electron chi connectivity index (χ2n) is 4.50. The fourth-order valence-electron chi connectivity index (χ4n) is 1.94. The Hall–Kier alpha value is -2.96. The Balaban J connectivity index is 2.25. The summed E-state index contributed by atoms with van der Waals surface area (Å²) >= 11 is 0. The molecule has 0 saturated carbocycles. The van der Waals surface area contributed by atoms with Gasteiger partial charge in [-0.15, -0.1) is 0 Å². The van der Waals surface area contributed by atoms with Crippen molar-refractivity contribution in [2.75, 3.05) is 11.9 Å². The largest absolute Gasteiger partial charge is 0.476 e. The molecule has 7 nitrogen and oxygen atoms in total. The first-order valence-electron chi connectivity index (χ1n) is 6.67. The number of carbonyl (C=O) groups is 1. The number of aryl methyl sites for hydroxylation is 1. The molecule has 0 saturated heterocycles. The van der Waals surface area contributed by atoms with Gasteiger partial charge >= 0.3 is 0 Å². The van der Waals surface area contributed by atoms with Crippen molar-refractivity contribution in [3.8, 4) is 5.88 Å². The molecule has 0 atom stereocenters. The van der Waals surface area contributed by atoms with Crippen molar-refractivity contribution >= 4 is 17.3 Å². The molecule has 0 unspecified atom stereocenters. The van der Waals surface area contributed by atoms with Gasteiger partial charge in [-0.25, -0.2) is 4.98 Å². The average Bonchev–Trinajstić information content (AvgIpc) is 2.49. The van der Waals surface area contributed by atoms with Gasteiger partial charge in [-0.05, 0) is 37.6 Å². The van der Waals surface area contributed by atoms with E-state index < -0.39 is 4.92 Å². The minimum atomic E-state index is -0.497. The van der Waals surface area contributed by atoms with Crippen LogP contribution in [0.25, 0.3) is 0 Å². The summed E-state index contributed by atoms with van der Waals surface area (Å²) in [5.74, 6) is -0.0423. The van der Waals surface area contributed by atoms with Gasteiger partial charge in [0.15, 0.2) is 0 Å². The molecule has 0 aliphatic heterocycles. The number of nitro groups is 1. The van der Waals surface area contributed by atoms with Crippen LogP contribution in [0.3, 0.4) is 0 Å². The predicted octanol–water partition coefficient (Wildman–Crippen LogP) is 2.95. The van der Waals surface area contributed by atoms with E-state index in [0.29, 0.717) is 29.3 Å². The van der Waals surface area contributed by atoms with Gasteiger partial charge in [-0.1, -0.05) is 0 Å². The Morgan fingerprint density at radius 3 is 2.82 bits per heavy atom. The summed E-state index contributed by atoms with van der Waals surface area (Å²) in [5.41, 5.74) is 1.28. The van der Waals surface area contributed by atoms with Gasteiger partial charge in [0.25, 0.3) is 11.6 Å². The van der Waals surface area contributed by atoms with Crippen molar-refractivity contribution in [1.29, 1.82) is 0 Å². The smallest absolute Gasteiger partial charge is 0.269 e. The number of rotatable bonds is 5. The SMILES string of the molecule is CCOc1ncccc1NC(=O)c1ccc([N+](=O)[O-])cc1C. The number of aromatic nitrogens is 1. The van der Waals surface area contributed by atoms with Crippen LogP contribution in [0, 0.1) is 17.0 Å². The highest BCUT2D eigenvalue weighted by molar-refractivity contribution is 6.06. The Bertz CT molecular complexity index is 716. The molecule has 0 fully saturated rings. The molecular formula is C15H15N3O4. The van der Waals surface area contributed by atoms with E-state index in [1.165, 1.54) is 18.2 Å². The van der Waals surface area contributed by atoms with Gasteiger partial charge in [-0.2, -0.15) is 0 Å². The molecule has 1 aromatic heterocycles. The van der Waals surface area contributed by atoms with Gasteiger partial charge in [0, 0.05) is 23.9 Å². The van der Waals surface area contributed by atoms with Crippen molar-refractivity contribution < 1.29 is 14.5 Å². The molecule has 1 amide bonds. The number of hydrogen-bond acceptors (Lipinski definition) is 5. The molecule has 22 heavy (non-hydrogen) atoms. The molecule has 0 bridgehead atoms. The molecule has 1 heterocycles. The lowest BCUT2D eigenvalue weighted by Crippen LogP contribution is -2.14. The number of anilines is 1. The van der Waals surface area contributed by atoms with Crippen LogP contribution in [-0.4, -0.2) is 22.4 Å². The number of benzene rings is 1. The Morgan fingerprint density at radius 1 is 1.41 bits per heavy atom. The summed E-state index contributed by atoms with van der Waals surface area (Å²) in [6, 6.07) is 7.45. The topological polar surface area (TPSA) is 94.4 Å². The second kappa shape index (κ2) is 6.66. The molecule has 2 rings (SSSR count). The lowest BCUT2D eigenvalue weighted by molar-refractivity contribution is -0.384. The maximum Gasteiger partial charge on any atom is 0.269 e. The van der Waals surface area contributed by atoms with E-state index in [0.717, 1.165) is 0 Å². The molecular weight excluding hydrogens is 286 g/mol. The van der Waals surface area contributed by atoms with E-state index in [9.17, 15) is 14.9 Å². The first kappa shape index (κ1) is 15.4. The van der Waals surface area contributed by atoms with Crippen LogP contribution < -0.4 is 10.1 Å². The molecule has 0 aliphatic rings. The van der Waals surface area contributed by atoms with Crippen LogP contribution in [-0.2, 0) is 0 Å². The van der Waals surface area contributed by atoms with Crippen molar-refractivity contribution in [2.45, 2.75) is 13.8 Å². The third-order valence-corrected chi connectivity index (χ3v) is 2.97. The number of amides is 1. The van der Waals surface area contributed by atoms with Crippen molar-refractivity contribution in [1.82, 2.24) is 4.98 Å². The van der Waals surface area contributed by atoms with Crippen LogP contribution in [0.2, 0.25) is 0 Å². The minimum Gasteiger partial charge on any atom is -0.476 e. The number of nitro benzene ring substituents is 1. The zero-order chi connectivity index (χ0) is 16.1. The van der Waals surface area contributed by atoms with Gasteiger partial charge in [0.05, 0.1) is 11.5 Å². The lowest BCUT2D eigenvalue weighted by atomic mass is 10.1. The summed E-state index contributed by atoms with van der Waals surface area (Å²) in [4.78, 5) is 26.6. The second-order valence-corrected chi connectivity index (χ2v) is 4.50. The number of carbonyl (C=O) groups excluding carboxylic acids is 1. The van der Waals surface area contributed by atoms with Crippen LogP contribution in [0.5, 0.6) is 5.88 Å².